The van der Waals surface area contributed by atoms with Crippen molar-refractivity contribution in [3.8, 4) is 34.4 Å². The van der Waals surface area contributed by atoms with Crippen LogP contribution in [0.3, 0.4) is 0 Å². The summed E-state index contributed by atoms with van der Waals surface area (Å²) in [5, 5.41) is 28.2. The van der Waals surface area contributed by atoms with E-state index in [1.165, 1.54) is 43.6 Å². The average molecular weight is 352 g/mol. The highest BCUT2D eigenvalue weighted by Gasteiger charge is 2.14. The van der Waals surface area contributed by atoms with Crippen LogP contribution in [0.25, 0.3) is 16.8 Å². The van der Waals surface area contributed by atoms with Crippen molar-refractivity contribution >= 4 is 5.97 Å². The Bertz CT molecular complexity index is 1050. The zero-order chi connectivity index (χ0) is 18.8. The second-order valence-corrected chi connectivity index (χ2v) is 5.46. The van der Waals surface area contributed by atoms with E-state index in [2.05, 4.69) is 0 Å². The number of methoxy groups -OCH3 is 1. The second-order valence-electron chi connectivity index (χ2n) is 5.46. The number of ether oxygens (including phenoxy) is 1. The van der Waals surface area contributed by atoms with Crippen LogP contribution in [0.1, 0.15) is 15.9 Å². The minimum absolute atomic E-state index is 0.0980. The molecule has 2 aromatic carbocycles. The van der Waals surface area contributed by atoms with Gasteiger partial charge in [0.05, 0.1) is 12.7 Å². The summed E-state index contributed by atoms with van der Waals surface area (Å²) >= 11 is 0. The Morgan fingerprint density at radius 1 is 1.23 bits per heavy atom. The molecule has 1 aromatic heterocycles. The summed E-state index contributed by atoms with van der Waals surface area (Å²) in [6, 6.07) is 10.5. The van der Waals surface area contributed by atoms with Gasteiger partial charge >= 0.3 is 5.97 Å². The summed E-state index contributed by atoms with van der Waals surface area (Å²) in [5.41, 5.74) is 1.53. The molecule has 7 heteroatoms. The summed E-state index contributed by atoms with van der Waals surface area (Å²) in [4.78, 5) is 11.0. The molecule has 0 fully saturated rings. The molecule has 1 heterocycles. The second kappa shape index (κ2) is 6.61. The Balaban J connectivity index is 2.08. The SMILES string of the molecule is COc1ccc(-c2cn(-c3ccc(C(=O)O)c(O)c3)cc2C#N)cc1F. The number of carboxylic acid groups (broad SMARTS) is 1. The molecule has 26 heavy (non-hydrogen) atoms. The molecule has 0 bridgehead atoms. The number of aromatic nitrogens is 1. The van der Waals surface area contributed by atoms with Crippen molar-refractivity contribution in [1.82, 2.24) is 4.57 Å². The number of benzene rings is 2. The zero-order valence-electron chi connectivity index (χ0n) is 13.6. The van der Waals surface area contributed by atoms with Gasteiger partial charge in [-0.05, 0) is 29.8 Å². The standard InChI is InChI=1S/C19H13FN2O4/c1-26-18-5-2-11(6-16(18)20)15-10-22(9-12(15)8-21)13-3-4-14(19(24)25)17(23)7-13/h2-7,9-10,23H,1H3,(H,24,25). The van der Waals surface area contributed by atoms with E-state index in [4.69, 9.17) is 9.84 Å². The molecule has 0 aliphatic heterocycles. The summed E-state index contributed by atoms with van der Waals surface area (Å²) in [5.74, 6) is -2.08. The fourth-order valence-electron chi connectivity index (χ4n) is 2.62. The van der Waals surface area contributed by atoms with E-state index in [-0.39, 0.29) is 17.1 Å². The predicted octanol–water partition coefficient (Wildman–Crippen LogP) is 3.57. The normalized spacial score (nSPS) is 10.3. The van der Waals surface area contributed by atoms with Crippen LogP contribution >= 0.6 is 0 Å². The summed E-state index contributed by atoms with van der Waals surface area (Å²) in [6.45, 7) is 0. The number of nitrogens with zero attached hydrogens (tertiary/aromatic N) is 2. The van der Waals surface area contributed by atoms with E-state index >= 15 is 0 Å². The summed E-state index contributed by atoms with van der Waals surface area (Å²) in [6.07, 6.45) is 3.13. The van der Waals surface area contributed by atoms with Crippen LogP contribution < -0.4 is 4.74 Å². The monoisotopic (exact) mass is 352 g/mol. The number of hydrogen-bond acceptors (Lipinski definition) is 4. The third-order valence-corrected chi connectivity index (χ3v) is 3.92. The Hall–Kier alpha value is -3.79. The smallest absolute Gasteiger partial charge is 0.339 e. The van der Waals surface area contributed by atoms with Crippen molar-refractivity contribution in [2.75, 3.05) is 7.11 Å². The van der Waals surface area contributed by atoms with Crippen molar-refractivity contribution in [3.63, 3.8) is 0 Å². The van der Waals surface area contributed by atoms with Gasteiger partial charge in [0.1, 0.15) is 17.4 Å². The van der Waals surface area contributed by atoms with Crippen LogP contribution in [-0.4, -0.2) is 27.9 Å². The molecule has 130 valence electrons. The maximum atomic E-state index is 14.0. The molecule has 0 spiro atoms. The number of aromatic hydroxyl groups is 1. The van der Waals surface area contributed by atoms with E-state index in [1.807, 2.05) is 6.07 Å². The van der Waals surface area contributed by atoms with Crippen LogP contribution in [0.15, 0.2) is 48.8 Å². The molecule has 0 saturated heterocycles. The Morgan fingerprint density at radius 2 is 2.00 bits per heavy atom. The lowest BCUT2D eigenvalue weighted by molar-refractivity contribution is 0.0693. The van der Waals surface area contributed by atoms with Crippen LogP contribution in [-0.2, 0) is 0 Å². The van der Waals surface area contributed by atoms with Crippen molar-refractivity contribution in [2.45, 2.75) is 0 Å². The van der Waals surface area contributed by atoms with Gasteiger partial charge in [-0.3, -0.25) is 0 Å². The largest absolute Gasteiger partial charge is 0.507 e. The minimum Gasteiger partial charge on any atom is -0.507 e. The lowest BCUT2D eigenvalue weighted by Crippen LogP contribution is -1.98. The lowest BCUT2D eigenvalue weighted by Gasteiger charge is -2.06. The third kappa shape index (κ3) is 2.96. The molecule has 2 N–H and O–H groups in total. The van der Waals surface area contributed by atoms with Gasteiger partial charge in [0.2, 0.25) is 0 Å². The van der Waals surface area contributed by atoms with E-state index < -0.39 is 11.8 Å². The van der Waals surface area contributed by atoms with Gasteiger partial charge in [0.15, 0.2) is 11.6 Å². The molecule has 0 radical (unpaired) electrons. The minimum atomic E-state index is -1.24. The number of rotatable bonds is 4. The molecular formula is C19H13FN2O4. The van der Waals surface area contributed by atoms with Gasteiger partial charge in [-0.2, -0.15) is 5.26 Å². The van der Waals surface area contributed by atoms with Crippen molar-refractivity contribution in [2.24, 2.45) is 0 Å². The van der Waals surface area contributed by atoms with Crippen LogP contribution in [0, 0.1) is 17.1 Å². The molecule has 0 aliphatic rings. The first kappa shape index (κ1) is 17.0. The van der Waals surface area contributed by atoms with Gasteiger partial charge < -0.3 is 19.5 Å². The van der Waals surface area contributed by atoms with E-state index in [1.54, 1.807) is 16.8 Å². The highest BCUT2D eigenvalue weighted by Crippen LogP contribution is 2.30. The van der Waals surface area contributed by atoms with E-state index in [9.17, 15) is 19.6 Å². The predicted molar refractivity (Wildman–Crippen MR) is 91.1 cm³/mol. The molecular weight excluding hydrogens is 339 g/mol. The van der Waals surface area contributed by atoms with Crippen molar-refractivity contribution in [1.29, 1.82) is 5.26 Å². The van der Waals surface area contributed by atoms with Crippen molar-refractivity contribution < 1.29 is 24.1 Å². The summed E-state index contributed by atoms with van der Waals surface area (Å²) < 4.78 is 20.4. The molecule has 0 amide bonds. The highest BCUT2D eigenvalue weighted by molar-refractivity contribution is 5.91. The van der Waals surface area contributed by atoms with Gasteiger partial charge in [0.25, 0.3) is 0 Å². The number of hydrogen-bond donors (Lipinski definition) is 2. The first-order valence-electron chi connectivity index (χ1n) is 7.47. The Kier molecular flexibility index (Phi) is 4.33. The number of nitriles is 1. The summed E-state index contributed by atoms with van der Waals surface area (Å²) in [7, 11) is 1.36. The van der Waals surface area contributed by atoms with Crippen LogP contribution in [0.4, 0.5) is 4.39 Å². The van der Waals surface area contributed by atoms with E-state index in [0.717, 1.165) is 0 Å². The Labute approximate surface area is 147 Å². The van der Waals surface area contributed by atoms with Gasteiger partial charge in [-0.1, -0.05) is 6.07 Å². The van der Waals surface area contributed by atoms with Gasteiger partial charge in [-0.25, -0.2) is 9.18 Å². The molecule has 6 nitrogen and oxygen atoms in total. The molecule has 0 atom stereocenters. The van der Waals surface area contributed by atoms with Crippen LogP contribution in [0.2, 0.25) is 0 Å². The van der Waals surface area contributed by atoms with Crippen molar-refractivity contribution in [3.05, 3.63) is 65.7 Å². The first-order valence-corrected chi connectivity index (χ1v) is 7.47. The van der Waals surface area contributed by atoms with Gasteiger partial charge in [-0.15, -0.1) is 0 Å². The molecule has 3 rings (SSSR count). The Morgan fingerprint density at radius 3 is 2.58 bits per heavy atom. The van der Waals surface area contributed by atoms with Gasteiger partial charge in [0, 0.05) is 29.7 Å². The number of carboxylic acids is 1. The fourth-order valence-corrected chi connectivity index (χ4v) is 2.62. The number of phenols is 1. The zero-order valence-corrected chi connectivity index (χ0v) is 13.6. The highest BCUT2D eigenvalue weighted by atomic mass is 19.1. The molecule has 0 saturated carbocycles. The number of carbonyl (C=O) groups is 1. The lowest BCUT2D eigenvalue weighted by atomic mass is 10.1. The molecule has 0 unspecified atom stereocenters. The first-order chi connectivity index (χ1) is 12.4. The van der Waals surface area contributed by atoms with Crippen LogP contribution in [0.5, 0.6) is 11.5 Å². The quantitative estimate of drug-likeness (QED) is 0.748. The maximum Gasteiger partial charge on any atom is 0.339 e. The maximum absolute atomic E-state index is 14.0. The number of aromatic carboxylic acids is 1. The third-order valence-electron chi connectivity index (χ3n) is 3.92. The molecule has 3 aromatic rings. The fraction of sp³-hybridized carbons (Fsp3) is 0.0526. The topological polar surface area (TPSA) is 95.5 Å². The average Bonchev–Trinajstić information content (AvgIpc) is 3.05. The number of halogens is 1. The van der Waals surface area contributed by atoms with E-state index in [0.29, 0.717) is 22.4 Å². The molecule has 0 aliphatic carbocycles.